The van der Waals surface area contributed by atoms with Crippen LogP contribution in [0, 0.1) is 17.0 Å². The lowest BCUT2D eigenvalue weighted by Gasteiger charge is -2.07. The van der Waals surface area contributed by atoms with Crippen molar-refractivity contribution in [3.05, 3.63) is 68.7 Å². The molecule has 0 atom stereocenters. The van der Waals surface area contributed by atoms with Gasteiger partial charge in [-0.05, 0) is 25.1 Å². The summed E-state index contributed by atoms with van der Waals surface area (Å²) in [7, 11) is 0. The number of rotatable bonds is 7. The molecule has 0 aliphatic heterocycles. The first-order valence-electron chi connectivity index (χ1n) is 8.64. The minimum absolute atomic E-state index is 0.0421. The highest BCUT2D eigenvalue weighted by Gasteiger charge is 2.14. The number of nitrogens with zero attached hydrogens (tertiary/aromatic N) is 2. The summed E-state index contributed by atoms with van der Waals surface area (Å²) in [5.74, 6) is -1.90. The van der Waals surface area contributed by atoms with Gasteiger partial charge in [-0.2, -0.15) is 0 Å². The van der Waals surface area contributed by atoms with Crippen molar-refractivity contribution in [3.8, 4) is 0 Å². The van der Waals surface area contributed by atoms with Crippen LogP contribution in [-0.4, -0.2) is 28.0 Å². The Labute approximate surface area is 163 Å². The van der Waals surface area contributed by atoms with Crippen LogP contribution in [0.4, 0.5) is 11.4 Å². The Morgan fingerprint density at radius 2 is 2.00 bits per heavy atom. The van der Waals surface area contributed by atoms with E-state index in [0.29, 0.717) is 16.7 Å². The molecule has 0 radical (unpaired) electrons. The molecule has 0 unspecified atom stereocenters. The molecule has 1 N–H and O–H groups in total. The topological polar surface area (TPSA) is 134 Å². The fourth-order valence-electron chi connectivity index (χ4n) is 2.73. The highest BCUT2D eigenvalue weighted by molar-refractivity contribution is 5.93. The summed E-state index contributed by atoms with van der Waals surface area (Å²) in [6.45, 7) is 1.07. The molecule has 10 nitrogen and oxygen atoms in total. The number of carbonyl (C=O) groups excluding carboxylic acids is 2. The zero-order valence-corrected chi connectivity index (χ0v) is 15.4. The summed E-state index contributed by atoms with van der Waals surface area (Å²) >= 11 is 0. The molecule has 3 rings (SSSR count). The molecule has 1 aromatic heterocycles. The fourth-order valence-corrected chi connectivity index (χ4v) is 2.73. The van der Waals surface area contributed by atoms with Crippen molar-refractivity contribution in [2.45, 2.75) is 19.9 Å². The van der Waals surface area contributed by atoms with E-state index >= 15 is 0 Å². The number of para-hydroxylation sites is 2. The number of esters is 1. The minimum atomic E-state index is -0.674. The highest BCUT2D eigenvalue weighted by atomic mass is 16.6. The number of ether oxygens (including phenoxy) is 1. The predicted octanol–water partition coefficient (Wildman–Crippen LogP) is 2.38. The summed E-state index contributed by atoms with van der Waals surface area (Å²) in [5, 5.41) is 13.4. The third kappa shape index (κ3) is 4.67. The molecule has 10 heteroatoms. The van der Waals surface area contributed by atoms with Crippen LogP contribution in [0.15, 0.2) is 51.7 Å². The lowest BCUT2D eigenvalue weighted by molar-refractivity contribution is -0.385. The number of aromatic nitrogens is 1. The van der Waals surface area contributed by atoms with E-state index in [1.807, 2.05) is 0 Å². The van der Waals surface area contributed by atoms with E-state index in [4.69, 9.17) is 9.15 Å². The Bertz CT molecular complexity index is 1150. The van der Waals surface area contributed by atoms with E-state index in [-0.39, 0.29) is 24.3 Å². The van der Waals surface area contributed by atoms with E-state index in [1.54, 1.807) is 31.2 Å². The lowest BCUT2D eigenvalue weighted by Crippen LogP contribution is -2.22. The Kier molecular flexibility index (Phi) is 5.72. The zero-order chi connectivity index (χ0) is 21.0. The first kappa shape index (κ1) is 19.8. The fraction of sp³-hybridized carbons (Fsp3) is 0.211. The summed E-state index contributed by atoms with van der Waals surface area (Å²) < 4.78 is 11.3. The number of oxazole rings is 1. The van der Waals surface area contributed by atoms with Gasteiger partial charge >= 0.3 is 11.7 Å². The molecule has 0 saturated heterocycles. The average molecular weight is 399 g/mol. The van der Waals surface area contributed by atoms with Gasteiger partial charge in [-0.3, -0.25) is 24.3 Å². The van der Waals surface area contributed by atoms with E-state index in [1.165, 1.54) is 22.8 Å². The number of fused-ring (bicyclic) bond motifs is 1. The first-order valence-corrected chi connectivity index (χ1v) is 8.64. The zero-order valence-electron chi connectivity index (χ0n) is 15.4. The number of nitro groups is 1. The van der Waals surface area contributed by atoms with Gasteiger partial charge < -0.3 is 14.5 Å². The molecule has 0 fully saturated rings. The van der Waals surface area contributed by atoms with E-state index in [2.05, 4.69) is 5.32 Å². The molecular weight excluding hydrogens is 382 g/mol. The predicted molar refractivity (Wildman–Crippen MR) is 103 cm³/mol. The summed E-state index contributed by atoms with van der Waals surface area (Å²) in [5.41, 5.74) is 1.53. The van der Waals surface area contributed by atoms with Gasteiger partial charge in [-0.25, -0.2) is 4.79 Å². The van der Waals surface area contributed by atoms with E-state index in [0.717, 1.165) is 0 Å². The Morgan fingerprint density at radius 1 is 1.24 bits per heavy atom. The van der Waals surface area contributed by atoms with Crippen LogP contribution >= 0.6 is 0 Å². The molecule has 0 aliphatic carbocycles. The summed E-state index contributed by atoms with van der Waals surface area (Å²) in [6.07, 6.45) is -0.132. The van der Waals surface area contributed by atoms with Crippen LogP contribution in [0.25, 0.3) is 11.1 Å². The molecular formula is C19H17N3O7. The quantitative estimate of drug-likeness (QED) is 0.366. The maximum Gasteiger partial charge on any atom is 0.419 e. The third-order valence-corrected chi connectivity index (χ3v) is 4.17. The molecule has 3 aromatic rings. The molecule has 0 saturated carbocycles. The highest BCUT2D eigenvalue weighted by Crippen LogP contribution is 2.22. The number of nitro benzene ring substituents is 1. The van der Waals surface area contributed by atoms with Gasteiger partial charge in [-0.1, -0.05) is 18.2 Å². The maximum atomic E-state index is 11.9. The van der Waals surface area contributed by atoms with Crippen LogP contribution in [-0.2, 0) is 20.9 Å². The van der Waals surface area contributed by atoms with Crippen molar-refractivity contribution in [2.75, 3.05) is 11.9 Å². The molecule has 29 heavy (non-hydrogen) atoms. The number of carbonyl (C=O) groups is 2. The van der Waals surface area contributed by atoms with Crippen LogP contribution < -0.4 is 11.1 Å². The molecule has 0 spiro atoms. The number of hydrogen-bond acceptors (Lipinski definition) is 7. The number of hydrogen-bond donors (Lipinski definition) is 1. The van der Waals surface area contributed by atoms with Crippen molar-refractivity contribution in [2.24, 2.45) is 0 Å². The van der Waals surface area contributed by atoms with Gasteiger partial charge in [-0.15, -0.1) is 0 Å². The maximum absolute atomic E-state index is 11.9. The van der Waals surface area contributed by atoms with Gasteiger partial charge in [0.05, 0.1) is 16.9 Å². The number of aryl methyl sites for hydroxylation is 2. The van der Waals surface area contributed by atoms with Crippen LogP contribution in [0.1, 0.15) is 12.0 Å². The second-order valence-corrected chi connectivity index (χ2v) is 6.20. The lowest BCUT2D eigenvalue weighted by atomic mass is 10.2. The third-order valence-electron chi connectivity index (χ3n) is 4.17. The normalized spacial score (nSPS) is 10.7. The van der Waals surface area contributed by atoms with Gasteiger partial charge in [0.15, 0.2) is 12.2 Å². The van der Waals surface area contributed by atoms with Crippen LogP contribution in [0.2, 0.25) is 0 Å². The standard InChI is InChI=1S/C19H17N3O7/c1-12-6-7-13(10-15(12)22(26)27)20-17(23)11-28-18(24)8-9-21-14-4-2-3-5-16(14)29-19(21)25/h2-7,10H,8-9,11H2,1H3,(H,20,23). The van der Waals surface area contributed by atoms with Crippen molar-refractivity contribution < 1.29 is 23.7 Å². The largest absolute Gasteiger partial charge is 0.456 e. The smallest absolute Gasteiger partial charge is 0.419 e. The second-order valence-electron chi connectivity index (χ2n) is 6.20. The second kappa shape index (κ2) is 8.38. The van der Waals surface area contributed by atoms with E-state index in [9.17, 15) is 24.5 Å². The number of anilines is 1. The minimum Gasteiger partial charge on any atom is -0.456 e. The number of nitrogens with one attached hydrogen (secondary N) is 1. The van der Waals surface area contributed by atoms with Crippen molar-refractivity contribution in [1.29, 1.82) is 0 Å². The molecule has 1 amide bonds. The number of benzene rings is 2. The molecule has 0 aliphatic rings. The van der Waals surface area contributed by atoms with Gasteiger partial charge in [0.1, 0.15) is 0 Å². The van der Waals surface area contributed by atoms with Crippen molar-refractivity contribution >= 4 is 34.4 Å². The van der Waals surface area contributed by atoms with Crippen LogP contribution in [0.3, 0.4) is 0 Å². The average Bonchev–Trinajstić information content (AvgIpc) is 3.01. The number of amides is 1. The Hall–Kier alpha value is -3.95. The summed E-state index contributed by atoms with van der Waals surface area (Å²) in [4.78, 5) is 46.1. The van der Waals surface area contributed by atoms with Gasteiger partial charge in [0.25, 0.3) is 11.6 Å². The van der Waals surface area contributed by atoms with E-state index < -0.39 is 29.2 Å². The molecule has 1 heterocycles. The van der Waals surface area contributed by atoms with Crippen LogP contribution in [0.5, 0.6) is 0 Å². The Balaban J connectivity index is 1.52. The van der Waals surface area contributed by atoms with Gasteiger partial charge in [0.2, 0.25) is 0 Å². The monoisotopic (exact) mass is 399 g/mol. The van der Waals surface area contributed by atoms with Crippen molar-refractivity contribution in [3.63, 3.8) is 0 Å². The first-order chi connectivity index (χ1) is 13.8. The SMILES string of the molecule is Cc1ccc(NC(=O)COC(=O)CCn2c(=O)oc3ccccc32)cc1[N+](=O)[O-]. The molecule has 150 valence electrons. The van der Waals surface area contributed by atoms with Crippen molar-refractivity contribution in [1.82, 2.24) is 4.57 Å². The molecule has 0 bridgehead atoms. The molecule has 2 aromatic carbocycles. The summed E-state index contributed by atoms with van der Waals surface area (Å²) in [6, 6.07) is 11.1. The Morgan fingerprint density at radius 3 is 2.76 bits per heavy atom. The van der Waals surface area contributed by atoms with Gasteiger partial charge in [0, 0.05) is 23.9 Å².